The van der Waals surface area contributed by atoms with E-state index in [1.54, 1.807) is 0 Å². The summed E-state index contributed by atoms with van der Waals surface area (Å²) in [5.74, 6) is 0. The first-order valence-electron chi connectivity index (χ1n) is 9.49. The van der Waals surface area contributed by atoms with Crippen molar-refractivity contribution in [1.29, 1.82) is 0 Å². The zero-order valence-corrected chi connectivity index (χ0v) is 18.0. The minimum Gasteiger partial charge on any atom is -0.445 e. The number of hydrogen-bond donors (Lipinski definition) is 2. The first-order valence-corrected chi connectivity index (χ1v) is 12.4. The van der Waals surface area contributed by atoms with Crippen molar-refractivity contribution in [1.82, 2.24) is 5.32 Å². The first-order chi connectivity index (χ1) is 12.6. The van der Waals surface area contributed by atoms with Crippen LogP contribution in [-0.2, 0) is 20.5 Å². The molecule has 6 nitrogen and oxygen atoms in total. The molecule has 152 valence electrons. The first kappa shape index (κ1) is 21.9. The molecule has 0 aromatic heterocycles. The van der Waals surface area contributed by atoms with Crippen molar-refractivity contribution in [3.63, 3.8) is 0 Å². The van der Waals surface area contributed by atoms with Gasteiger partial charge in [0.15, 0.2) is 8.32 Å². The van der Waals surface area contributed by atoms with E-state index in [2.05, 4.69) is 39.2 Å². The Morgan fingerprint density at radius 2 is 1.96 bits per heavy atom. The zero-order chi connectivity index (χ0) is 20.1. The lowest BCUT2D eigenvalue weighted by Crippen LogP contribution is -2.51. The summed E-state index contributed by atoms with van der Waals surface area (Å²) in [5, 5.41) is 13.4. The summed E-state index contributed by atoms with van der Waals surface area (Å²) in [4.78, 5) is 12.2. The number of aliphatic hydroxyl groups is 1. The number of amides is 1. The fraction of sp³-hybridized carbons (Fsp3) is 0.650. The average Bonchev–Trinajstić information content (AvgIpc) is 3.40. The molecule has 27 heavy (non-hydrogen) atoms. The number of hydrogen-bond acceptors (Lipinski definition) is 5. The van der Waals surface area contributed by atoms with Crippen LogP contribution in [0.25, 0.3) is 0 Å². The molecule has 0 saturated carbocycles. The molecule has 1 aliphatic heterocycles. The van der Waals surface area contributed by atoms with Gasteiger partial charge in [-0.1, -0.05) is 51.1 Å². The molecular formula is C20H33NO5Si. The predicted octanol–water partition coefficient (Wildman–Crippen LogP) is 3.45. The summed E-state index contributed by atoms with van der Waals surface area (Å²) in [7, 11) is -1.99. The van der Waals surface area contributed by atoms with E-state index in [-0.39, 0.29) is 24.4 Å². The Bertz CT molecular complexity index is 598. The van der Waals surface area contributed by atoms with Gasteiger partial charge >= 0.3 is 6.09 Å². The molecule has 0 aliphatic carbocycles. The highest BCUT2D eigenvalue weighted by molar-refractivity contribution is 6.74. The van der Waals surface area contributed by atoms with Crippen LogP contribution in [0.5, 0.6) is 0 Å². The van der Waals surface area contributed by atoms with Crippen LogP contribution in [0.4, 0.5) is 4.79 Å². The molecule has 1 aliphatic rings. The summed E-state index contributed by atoms with van der Waals surface area (Å²) in [5.41, 5.74) is 0.911. The monoisotopic (exact) mass is 395 g/mol. The SMILES string of the molecule is CC(C)(C)[Si](C)(C)OC[C@@H](NC(=O)OCc1ccccc1)[C@@H](O)CC1CO1. The predicted molar refractivity (Wildman–Crippen MR) is 107 cm³/mol. The van der Waals surface area contributed by atoms with Gasteiger partial charge in [0, 0.05) is 6.42 Å². The standard InChI is InChI=1S/C20H33NO5Si/c1-20(2,3)27(4,5)26-14-17(18(22)11-16-13-24-16)21-19(23)25-12-15-9-7-6-8-10-15/h6-10,16-18,22H,11-14H2,1-5H3,(H,21,23)/t16?,17-,18+/m1/s1. The fourth-order valence-electron chi connectivity index (χ4n) is 2.32. The van der Waals surface area contributed by atoms with Crippen molar-refractivity contribution in [3.8, 4) is 0 Å². The summed E-state index contributed by atoms with van der Waals surface area (Å²) in [6.45, 7) is 11.9. The lowest BCUT2D eigenvalue weighted by atomic mass is 10.1. The van der Waals surface area contributed by atoms with Gasteiger partial charge in [0.05, 0.1) is 31.5 Å². The molecule has 1 saturated heterocycles. The molecule has 7 heteroatoms. The third-order valence-corrected chi connectivity index (χ3v) is 9.82. The molecule has 1 aromatic rings. The molecular weight excluding hydrogens is 362 g/mol. The van der Waals surface area contributed by atoms with E-state index in [1.165, 1.54) is 0 Å². The summed E-state index contributed by atoms with van der Waals surface area (Å²) < 4.78 is 16.7. The molecule has 2 N–H and O–H groups in total. The largest absolute Gasteiger partial charge is 0.445 e. The molecule has 1 heterocycles. The maximum Gasteiger partial charge on any atom is 0.407 e. The smallest absolute Gasteiger partial charge is 0.407 e. The van der Waals surface area contributed by atoms with Gasteiger partial charge in [-0.15, -0.1) is 0 Å². The van der Waals surface area contributed by atoms with Crippen LogP contribution in [0.15, 0.2) is 30.3 Å². The minimum atomic E-state index is -1.99. The average molecular weight is 396 g/mol. The van der Waals surface area contributed by atoms with Crippen LogP contribution in [-0.4, -0.2) is 51.0 Å². The van der Waals surface area contributed by atoms with Gasteiger partial charge in [0.2, 0.25) is 0 Å². The highest BCUT2D eigenvalue weighted by atomic mass is 28.4. The number of nitrogens with one attached hydrogen (secondary N) is 1. The van der Waals surface area contributed by atoms with Crippen molar-refractivity contribution in [2.45, 2.75) is 70.2 Å². The lowest BCUT2D eigenvalue weighted by Gasteiger charge is -2.38. The Morgan fingerprint density at radius 1 is 1.33 bits per heavy atom. The Hall–Kier alpha value is -1.41. The maximum absolute atomic E-state index is 12.2. The molecule has 1 fully saturated rings. The van der Waals surface area contributed by atoms with E-state index in [0.717, 1.165) is 5.56 Å². The van der Waals surface area contributed by atoms with Crippen LogP contribution in [0.2, 0.25) is 18.1 Å². The number of aliphatic hydroxyl groups excluding tert-OH is 1. The van der Waals surface area contributed by atoms with E-state index in [4.69, 9.17) is 13.9 Å². The summed E-state index contributed by atoms with van der Waals surface area (Å²) in [6, 6.07) is 8.95. The van der Waals surface area contributed by atoms with Crippen LogP contribution < -0.4 is 5.32 Å². The van der Waals surface area contributed by atoms with Gasteiger partial charge in [-0.3, -0.25) is 0 Å². The second-order valence-electron chi connectivity index (χ2n) is 8.64. The quantitative estimate of drug-likeness (QED) is 0.494. The van der Waals surface area contributed by atoms with Gasteiger partial charge in [-0.2, -0.15) is 0 Å². The lowest BCUT2D eigenvalue weighted by molar-refractivity contribution is 0.0690. The van der Waals surface area contributed by atoms with Crippen LogP contribution in [0.3, 0.4) is 0 Å². The zero-order valence-electron chi connectivity index (χ0n) is 17.0. The molecule has 0 spiro atoms. The normalized spacial score (nSPS) is 19.3. The number of ether oxygens (including phenoxy) is 2. The second-order valence-corrected chi connectivity index (χ2v) is 13.5. The molecule has 0 radical (unpaired) electrons. The van der Waals surface area contributed by atoms with Crippen molar-refractivity contribution in [2.24, 2.45) is 0 Å². The van der Waals surface area contributed by atoms with Crippen LogP contribution in [0.1, 0.15) is 32.8 Å². The third-order valence-electron chi connectivity index (χ3n) is 5.32. The highest BCUT2D eigenvalue weighted by Crippen LogP contribution is 2.36. The number of rotatable bonds is 9. The maximum atomic E-state index is 12.2. The minimum absolute atomic E-state index is 0.0515. The van der Waals surface area contributed by atoms with E-state index in [0.29, 0.717) is 13.0 Å². The Balaban J connectivity index is 1.91. The van der Waals surface area contributed by atoms with Gasteiger partial charge in [-0.25, -0.2) is 4.79 Å². The Labute approximate surface area is 163 Å². The molecule has 3 atom stereocenters. The molecule has 1 aromatic carbocycles. The van der Waals surface area contributed by atoms with E-state index in [9.17, 15) is 9.90 Å². The fourth-order valence-corrected chi connectivity index (χ4v) is 3.35. The van der Waals surface area contributed by atoms with Gasteiger partial charge in [-0.05, 0) is 23.7 Å². The van der Waals surface area contributed by atoms with Crippen LogP contribution >= 0.6 is 0 Å². The van der Waals surface area contributed by atoms with Gasteiger partial charge in [0.25, 0.3) is 0 Å². The molecule has 2 rings (SSSR count). The molecule has 1 unspecified atom stereocenters. The number of alkyl carbamates (subject to hydrolysis) is 1. The topological polar surface area (TPSA) is 80.3 Å². The third kappa shape index (κ3) is 7.25. The summed E-state index contributed by atoms with van der Waals surface area (Å²) in [6.07, 6.45) is -0.757. The Morgan fingerprint density at radius 3 is 2.52 bits per heavy atom. The number of epoxide rings is 1. The Kier molecular flexibility index (Phi) is 7.45. The van der Waals surface area contributed by atoms with E-state index < -0.39 is 26.6 Å². The van der Waals surface area contributed by atoms with Crippen molar-refractivity contribution in [2.75, 3.05) is 13.2 Å². The van der Waals surface area contributed by atoms with Crippen molar-refractivity contribution in [3.05, 3.63) is 35.9 Å². The molecule has 0 bridgehead atoms. The number of carbonyl (C=O) groups is 1. The van der Waals surface area contributed by atoms with E-state index in [1.807, 2.05) is 30.3 Å². The van der Waals surface area contributed by atoms with Crippen LogP contribution in [0, 0.1) is 0 Å². The number of benzene rings is 1. The van der Waals surface area contributed by atoms with Crippen molar-refractivity contribution >= 4 is 14.4 Å². The van der Waals surface area contributed by atoms with Crippen molar-refractivity contribution < 1.29 is 23.8 Å². The summed E-state index contributed by atoms with van der Waals surface area (Å²) >= 11 is 0. The number of carbonyl (C=O) groups excluding carboxylic acids is 1. The molecule has 1 amide bonds. The highest BCUT2D eigenvalue weighted by Gasteiger charge is 2.39. The van der Waals surface area contributed by atoms with Gasteiger partial charge in [0.1, 0.15) is 6.61 Å². The second kappa shape index (κ2) is 9.19. The van der Waals surface area contributed by atoms with E-state index >= 15 is 0 Å². The van der Waals surface area contributed by atoms with Gasteiger partial charge < -0.3 is 24.3 Å².